The van der Waals surface area contributed by atoms with Crippen LogP contribution in [0.25, 0.3) is 0 Å². The van der Waals surface area contributed by atoms with Gasteiger partial charge in [-0.1, -0.05) is 24.6 Å². The lowest BCUT2D eigenvalue weighted by Gasteiger charge is -2.25. The average Bonchev–Trinajstić information content (AvgIpc) is 2.52. The lowest BCUT2D eigenvalue weighted by atomic mass is 9.82. The summed E-state index contributed by atoms with van der Waals surface area (Å²) in [7, 11) is 0. The second kappa shape index (κ2) is 5.16. The lowest BCUT2D eigenvalue weighted by Crippen LogP contribution is -2.25. The molecule has 1 saturated heterocycles. The Kier molecular flexibility index (Phi) is 3.95. The molecule has 1 aromatic carbocycles. The maximum atomic E-state index is 13.8. The van der Waals surface area contributed by atoms with Crippen LogP contribution in [-0.4, -0.2) is 17.3 Å². The van der Waals surface area contributed by atoms with Gasteiger partial charge in [-0.25, -0.2) is 4.39 Å². The Labute approximate surface area is 112 Å². The predicted octanol–water partition coefficient (Wildman–Crippen LogP) is 3.57. The van der Waals surface area contributed by atoms with E-state index < -0.39 is 11.9 Å². The van der Waals surface area contributed by atoms with Crippen molar-refractivity contribution in [2.75, 3.05) is 0 Å². The average molecular weight is 273 g/mol. The van der Waals surface area contributed by atoms with Gasteiger partial charge in [-0.05, 0) is 31.9 Å². The predicted molar refractivity (Wildman–Crippen MR) is 69.0 cm³/mol. The highest BCUT2D eigenvalue weighted by Crippen LogP contribution is 2.41. The van der Waals surface area contributed by atoms with Crippen molar-refractivity contribution in [3.8, 4) is 0 Å². The zero-order valence-electron chi connectivity index (χ0n) is 10.7. The van der Waals surface area contributed by atoms with E-state index in [4.69, 9.17) is 16.3 Å². The molecule has 0 bridgehead atoms. The number of hydrogen-bond acceptors (Lipinski definition) is 2. The number of aliphatic hydroxyl groups excluding tert-OH is 1. The van der Waals surface area contributed by atoms with Crippen LogP contribution in [0.4, 0.5) is 4.39 Å². The molecule has 5 atom stereocenters. The summed E-state index contributed by atoms with van der Waals surface area (Å²) < 4.78 is 19.5. The number of benzene rings is 1. The van der Waals surface area contributed by atoms with Gasteiger partial charge in [0.1, 0.15) is 5.82 Å². The number of hydrogen-bond donors (Lipinski definition) is 1. The van der Waals surface area contributed by atoms with Gasteiger partial charge in [0.15, 0.2) is 0 Å². The van der Waals surface area contributed by atoms with Crippen molar-refractivity contribution in [1.29, 1.82) is 0 Å². The first-order valence-electron chi connectivity index (χ1n) is 6.20. The molecule has 1 heterocycles. The number of halogens is 2. The van der Waals surface area contributed by atoms with Gasteiger partial charge >= 0.3 is 0 Å². The van der Waals surface area contributed by atoms with Crippen molar-refractivity contribution in [2.45, 2.75) is 39.1 Å². The van der Waals surface area contributed by atoms with E-state index >= 15 is 0 Å². The second-order valence-electron chi connectivity index (χ2n) is 5.09. The van der Waals surface area contributed by atoms with Crippen LogP contribution in [0.3, 0.4) is 0 Å². The van der Waals surface area contributed by atoms with Gasteiger partial charge in [-0.2, -0.15) is 0 Å². The molecule has 1 N–H and O–H groups in total. The highest BCUT2D eigenvalue weighted by Gasteiger charge is 2.42. The van der Waals surface area contributed by atoms with Crippen LogP contribution in [0.5, 0.6) is 0 Å². The smallest absolute Gasteiger partial charge is 0.130 e. The largest absolute Gasteiger partial charge is 0.388 e. The second-order valence-corrected chi connectivity index (χ2v) is 5.53. The standard InChI is InChI=1S/C14H18ClFO2/c1-7-8(2)18-9(3)13(7)14(17)11-5-4-10(15)6-12(11)16/h4-9,13-14,17H,1-3H3. The summed E-state index contributed by atoms with van der Waals surface area (Å²) in [5, 5.41) is 10.7. The molecule has 0 radical (unpaired) electrons. The molecule has 4 heteroatoms. The van der Waals surface area contributed by atoms with Crippen molar-refractivity contribution in [2.24, 2.45) is 11.8 Å². The summed E-state index contributed by atoms with van der Waals surface area (Å²) in [6.45, 7) is 5.92. The summed E-state index contributed by atoms with van der Waals surface area (Å²) in [6, 6.07) is 4.37. The summed E-state index contributed by atoms with van der Waals surface area (Å²) in [5.74, 6) is -0.380. The summed E-state index contributed by atoms with van der Waals surface area (Å²) >= 11 is 5.72. The van der Waals surface area contributed by atoms with E-state index in [1.807, 2.05) is 20.8 Å². The van der Waals surface area contributed by atoms with Gasteiger partial charge in [0, 0.05) is 16.5 Å². The summed E-state index contributed by atoms with van der Waals surface area (Å²) in [5.41, 5.74) is 0.292. The van der Waals surface area contributed by atoms with E-state index in [1.54, 1.807) is 12.1 Å². The molecule has 2 nitrogen and oxygen atoms in total. The van der Waals surface area contributed by atoms with Crippen molar-refractivity contribution in [3.63, 3.8) is 0 Å². The van der Waals surface area contributed by atoms with Crippen LogP contribution in [0, 0.1) is 17.7 Å². The maximum absolute atomic E-state index is 13.8. The molecule has 1 aliphatic rings. The fourth-order valence-electron chi connectivity index (χ4n) is 2.79. The van der Waals surface area contributed by atoms with Crippen molar-refractivity contribution < 1.29 is 14.2 Å². The van der Waals surface area contributed by atoms with Crippen LogP contribution < -0.4 is 0 Å². The third-order valence-corrected chi connectivity index (χ3v) is 4.20. The molecule has 0 spiro atoms. The van der Waals surface area contributed by atoms with Crippen LogP contribution in [0.2, 0.25) is 5.02 Å². The highest BCUT2D eigenvalue weighted by molar-refractivity contribution is 6.30. The Morgan fingerprint density at radius 3 is 2.44 bits per heavy atom. The molecule has 0 aromatic heterocycles. The van der Waals surface area contributed by atoms with Gasteiger partial charge < -0.3 is 9.84 Å². The molecule has 2 rings (SSSR count). The van der Waals surface area contributed by atoms with Gasteiger partial charge in [0.2, 0.25) is 0 Å². The van der Waals surface area contributed by atoms with Crippen LogP contribution >= 0.6 is 11.6 Å². The van der Waals surface area contributed by atoms with E-state index in [-0.39, 0.29) is 24.0 Å². The van der Waals surface area contributed by atoms with Crippen LogP contribution in [-0.2, 0) is 4.74 Å². The Balaban J connectivity index is 2.28. The Hall–Kier alpha value is -0.640. The molecular weight excluding hydrogens is 255 g/mol. The third kappa shape index (κ3) is 2.40. The molecule has 0 saturated carbocycles. The molecule has 18 heavy (non-hydrogen) atoms. The van der Waals surface area contributed by atoms with Crippen LogP contribution in [0.1, 0.15) is 32.4 Å². The first-order chi connectivity index (χ1) is 8.41. The van der Waals surface area contributed by atoms with E-state index in [1.165, 1.54) is 6.07 Å². The third-order valence-electron chi connectivity index (χ3n) is 3.96. The fraction of sp³-hybridized carbons (Fsp3) is 0.571. The minimum absolute atomic E-state index is 0.0787. The molecule has 0 aliphatic carbocycles. The Morgan fingerprint density at radius 1 is 1.28 bits per heavy atom. The molecular formula is C14H18ClFO2. The zero-order chi connectivity index (χ0) is 13.4. The fourth-order valence-corrected chi connectivity index (χ4v) is 2.95. The molecule has 1 aliphatic heterocycles. The number of aliphatic hydroxyl groups is 1. The quantitative estimate of drug-likeness (QED) is 0.892. The Morgan fingerprint density at radius 2 is 1.94 bits per heavy atom. The minimum Gasteiger partial charge on any atom is -0.388 e. The van der Waals surface area contributed by atoms with Gasteiger partial charge in [-0.3, -0.25) is 0 Å². The number of ether oxygens (including phenoxy) is 1. The SMILES string of the molecule is CC1OC(C)C(C(O)c2ccc(Cl)cc2F)C1C. The topological polar surface area (TPSA) is 29.5 Å². The van der Waals surface area contributed by atoms with E-state index in [0.29, 0.717) is 10.6 Å². The van der Waals surface area contributed by atoms with Gasteiger partial charge in [0.05, 0.1) is 18.3 Å². The number of rotatable bonds is 2. The molecule has 0 amide bonds. The molecule has 100 valence electrons. The first kappa shape index (κ1) is 13.8. The van der Waals surface area contributed by atoms with Crippen molar-refractivity contribution in [1.82, 2.24) is 0 Å². The zero-order valence-corrected chi connectivity index (χ0v) is 11.5. The van der Waals surface area contributed by atoms with Gasteiger partial charge in [-0.15, -0.1) is 0 Å². The highest BCUT2D eigenvalue weighted by atomic mass is 35.5. The lowest BCUT2D eigenvalue weighted by molar-refractivity contribution is 0.0221. The normalized spacial score (nSPS) is 33.7. The van der Waals surface area contributed by atoms with Crippen LogP contribution in [0.15, 0.2) is 18.2 Å². The Bertz CT molecular complexity index is 438. The van der Waals surface area contributed by atoms with E-state index in [9.17, 15) is 9.50 Å². The summed E-state index contributed by atoms with van der Waals surface area (Å²) in [4.78, 5) is 0. The molecule has 1 aromatic rings. The van der Waals surface area contributed by atoms with E-state index in [2.05, 4.69) is 0 Å². The minimum atomic E-state index is -0.864. The van der Waals surface area contributed by atoms with Crippen molar-refractivity contribution in [3.05, 3.63) is 34.6 Å². The van der Waals surface area contributed by atoms with Crippen molar-refractivity contribution >= 4 is 11.6 Å². The monoisotopic (exact) mass is 272 g/mol. The van der Waals surface area contributed by atoms with Gasteiger partial charge in [0.25, 0.3) is 0 Å². The maximum Gasteiger partial charge on any atom is 0.130 e. The molecule has 1 fully saturated rings. The molecule has 5 unspecified atom stereocenters. The first-order valence-corrected chi connectivity index (χ1v) is 6.58. The summed E-state index contributed by atoms with van der Waals surface area (Å²) in [6.07, 6.45) is -0.868. The van der Waals surface area contributed by atoms with E-state index in [0.717, 1.165) is 0 Å².